The Balaban J connectivity index is 1.97. The van der Waals surface area contributed by atoms with Crippen LogP contribution in [0.15, 0.2) is 24.3 Å². The van der Waals surface area contributed by atoms with Crippen molar-refractivity contribution >= 4 is 15.7 Å². The van der Waals surface area contributed by atoms with E-state index in [2.05, 4.69) is 5.32 Å². The number of benzene rings is 1. The van der Waals surface area contributed by atoms with Crippen LogP contribution in [-0.2, 0) is 21.1 Å². The number of carbonyl (C=O) groups is 1. The van der Waals surface area contributed by atoms with E-state index in [1.807, 2.05) is 0 Å². The smallest absolute Gasteiger partial charge is 0.224 e. The van der Waals surface area contributed by atoms with Crippen molar-refractivity contribution in [3.05, 3.63) is 35.6 Å². The van der Waals surface area contributed by atoms with Gasteiger partial charge in [0.1, 0.15) is 5.82 Å². The molecular weight excluding hydrogens is 269 g/mol. The maximum atomic E-state index is 12.7. The highest BCUT2D eigenvalue weighted by atomic mass is 32.2. The lowest BCUT2D eigenvalue weighted by atomic mass is 10.0. The van der Waals surface area contributed by atoms with E-state index in [0.29, 0.717) is 12.0 Å². The topological polar surface area (TPSA) is 63.2 Å². The number of carbonyl (C=O) groups excluding carboxylic acids is 1. The first kappa shape index (κ1) is 14.0. The number of nitrogens with one attached hydrogen (secondary N) is 1. The SMILES string of the molecule is C[C@@]1(NC(=O)Cc2ccc(F)cc2)CCS(=O)(=O)C1. The van der Waals surface area contributed by atoms with Crippen molar-refractivity contribution in [1.29, 1.82) is 0 Å². The zero-order chi connectivity index (χ0) is 14.1. The molecule has 0 saturated carbocycles. The minimum absolute atomic E-state index is 0.0187. The second-order valence-corrected chi connectivity index (χ2v) is 7.44. The summed E-state index contributed by atoms with van der Waals surface area (Å²) in [6.45, 7) is 1.74. The van der Waals surface area contributed by atoms with Gasteiger partial charge in [0, 0.05) is 0 Å². The van der Waals surface area contributed by atoms with Crippen molar-refractivity contribution in [2.75, 3.05) is 11.5 Å². The molecule has 1 fully saturated rings. The number of amides is 1. The first-order valence-electron chi connectivity index (χ1n) is 6.04. The number of hydrogen-bond acceptors (Lipinski definition) is 3. The summed E-state index contributed by atoms with van der Waals surface area (Å²) in [5, 5.41) is 2.76. The Bertz CT molecular complexity index is 582. The summed E-state index contributed by atoms with van der Waals surface area (Å²) >= 11 is 0. The first-order valence-corrected chi connectivity index (χ1v) is 7.86. The molecule has 0 spiro atoms. The molecule has 104 valence electrons. The fraction of sp³-hybridized carbons (Fsp3) is 0.462. The lowest BCUT2D eigenvalue weighted by Crippen LogP contribution is -2.47. The van der Waals surface area contributed by atoms with E-state index in [0.717, 1.165) is 0 Å². The third kappa shape index (κ3) is 3.76. The Hall–Kier alpha value is -1.43. The maximum absolute atomic E-state index is 12.7. The second-order valence-electron chi connectivity index (χ2n) is 5.25. The summed E-state index contributed by atoms with van der Waals surface area (Å²) in [6.07, 6.45) is 0.556. The van der Waals surface area contributed by atoms with Gasteiger partial charge in [0.15, 0.2) is 9.84 Å². The maximum Gasteiger partial charge on any atom is 0.224 e. The van der Waals surface area contributed by atoms with Gasteiger partial charge in [0.2, 0.25) is 5.91 Å². The molecule has 0 radical (unpaired) electrons. The molecule has 2 rings (SSSR count). The molecule has 0 aliphatic carbocycles. The van der Waals surface area contributed by atoms with Crippen molar-refractivity contribution in [3.8, 4) is 0 Å². The van der Waals surface area contributed by atoms with E-state index in [-0.39, 0.29) is 29.7 Å². The predicted octanol–water partition coefficient (Wildman–Crippen LogP) is 1.06. The minimum atomic E-state index is -3.04. The van der Waals surface area contributed by atoms with Gasteiger partial charge < -0.3 is 5.32 Å². The molecule has 4 nitrogen and oxygen atoms in total. The van der Waals surface area contributed by atoms with Gasteiger partial charge in [-0.2, -0.15) is 0 Å². The fourth-order valence-electron chi connectivity index (χ4n) is 2.28. The van der Waals surface area contributed by atoms with E-state index in [4.69, 9.17) is 0 Å². The van der Waals surface area contributed by atoms with Crippen LogP contribution in [0.4, 0.5) is 4.39 Å². The summed E-state index contributed by atoms with van der Waals surface area (Å²) in [6, 6.07) is 5.68. The molecular formula is C13H16FNO3S. The molecule has 1 aliphatic heterocycles. The third-order valence-corrected chi connectivity index (χ3v) is 5.13. The van der Waals surface area contributed by atoms with Crippen LogP contribution in [0.3, 0.4) is 0 Å². The Morgan fingerprint density at radius 2 is 2.00 bits per heavy atom. The van der Waals surface area contributed by atoms with Gasteiger partial charge in [-0.05, 0) is 31.0 Å². The number of rotatable bonds is 3. The summed E-state index contributed by atoms with van der Waals surface area (Å²) in [5.41, 5.74) is 0.0130. The molecule has 1 aromatic carbocycles. The van der Waals surface area contributed by atoms with Gasteiger partial charge in [-0.25, -0.2) is 12.8 Å². The van der Waals surface area contributed by atoms with Crippen LogP contribution in [0.2, 0.25) is 0 Å². The average Bonchev–Trinajstić information content (AvgIpc) is 2.56. The normalized spacial score (nSPS) is 25.2. The van der Waals surface area contributed by atoms with Gasteiger partial charge in [0.05, 0.1) is 23.5 Å². The van der Waals surface area contributed by atoms with Crippen molar-refractivity contribution in [2.45, 2.75) is 25.3 Å². The van der Waals surface area contributed by atoms with Crippen LogP contribution in [-0.4, -0.2) is 31.4 Å². The minimum Gasteiger partial charge on any atom is -0.350 e. The van der Waals surface area contributed by atoms with Crippen LogP contribution in [0.25, 0.3) is 0 Å². The molecule has 1 saturated heterocycles. The molecule has 1 heterocycles. The van der Waals surface area contributed by atoms with Gasteiger partial charge >= 0.3 is 0 Å². The quantitative estimate of drug-likeness (QED) is 0.903. The number of sulfone groups is 1. The average molecular weight is 285 g/mol. The largest absolute Gasteiger partial charge is 0.350 e. The van der Waals surface area contributed by atoms with Crippen LogP contribution in [0, 0.1) is 5.82 Å². The van der Waals surface area contributed by atoms with E-state index in [1.54, 1.807) is 19.1 Å². The number of hydrogen-bond donors (Lipinski definition) is 1. The molecule has 0 aromatic heterocycles. The Morgan fingerprint density at radius 3 is 2.53 bits per heavy atom. The van der Waals surface area contributed by atoms with E-state index >= 15 is 0 Å². The highest BCUT2D eigenvalue weighted by Gasteiger charge is 2.39. The lowest BCUT2D eigenvalue weighted by molar-refractivity contribution is -0.121. The highest BCUT2D eigenvalue weighted by molar-refractivity contribution is 7.91. The molecule has 1 atom stereocenters. The van der Waals surface area contributed by atoms with Crippen LogP contribution in [0.1, 0.15) is 18.9 Å². The molecule has 1 aromatic rings. The lowest BCUT2D eigenvalue weighted by Gasteiger charge is -2.23. The third-order valence-electron chi connectivity index (χ3n) is 3.22. The molecule has 1 amide bonds. The Labute approximate surface area is 111 Å². The summed E-state index contributed by atoms with van der Waals surface area (Å²) in [4.78, 5) is 11.9. The van der Waals surface area contributed by atoms with Crippen molar-refractivity contribution in [3.63, 3.8) is 0 Å². The van der Waals surface area contributed by atoms with Gasteiger partial charge in [-0.1, -0.05) is 12.1 Å². The monoisotopic (exact) mass is 285 g/mol. The Kier molecular flexibility index (Phi) is 3.62. The zero-order valence-corrected chi connectivity index (χ0v) is 11.5. The number of halogens is 1. The molecule has 0 unspecified atom stereocenters. The predicted molar refractivity (Wildman–Crippen MR) is 69.9 cm³/mol. The zero-order valence-electron chi connectivity index (χ0n) is 10.6. The molecule has 1 N–H and O–H groups in total. The van der Waals surface area contributed by atoms with E-state index < -0.39 is 15.4 Å². The molecule has 19 heavy (non-hydrogen) atoms. The summed E-state index contributed by atoms with van der Waals surface area (Å²) < 4.78 is 35.6. The van der Waals surface area contributed by atoms with E-state index in [1.165, 1.54) is 12.1 Å². The summed E-state index contributed by atoms with van der Waals surface area (Å²) in [7, 11) is -3.04. The van der Waals surface area contributed by atoms with Crippen molar-refractivity contribution in [2.24, 2.45) is 0 Å². The van der Waals surface area contributed by atoms with Gasteiger partial charge in [-0.15, -0.1) is 0 Å². The molecule has 6 heteroatoms. The van der Waals surface area contributed by atoms with Crippen LogP contribution in [0.5, 0.6) is 0 Å². The van der Waals surface area contributed by atoms with Crippen molar-refractivity contribution < 1.29 is 17.6 Å². The van der Waals surface area contributed by atoms with Crippen LogP contribution >= 0.6 is 0 Å². The standard InChI is InChI=1S/C13H16FNO3S/c1-13(6-7-19(17,18)9-13)15-12(16)8-10-2-4-11(14)5-3-10/h2-5H,6-9H2,1H3,(H,15,16)/t13-/m1/s1. The molecule has 0 bridgehead atoms. The Morgan fingerprint density at radius 1 is 1.37 bits per heavy atom. The highest BCUT2D eigenvalue weighted by Crippen LogP contribution is 2.22. The van der Waals surface area contributed by atoms with Crippen LogP contribution < -0.4 is 5.32 Å². The van der Waals surface area contributed by atoms with E-state index in [9.17, 15) is 17.6 Å². The van der Waals surface area contributed by atoms with Crippen molar-refractivity contribution in [1.82, 2.24) is 5.32 Å². The van der Waals surface area contributed by atoms with Gasteiger partial charge in [-0.3, -0.25) is 4.79 Å². The molecule has 1 aliphatic rings. The summed E-state index contributed by atoms with van der Waals surface area (Å²) in [5.74, 6) is -0.501. The second kappa shape index (κ2) is 4.92. The van der Waals surface area contributed by atoms with Gasteiger partial charge in [0.25, 0.3) is 0 Å². The fourth-order valence-corrected chi connectivity index (χ4v) is 4.37. The first-order chi connectivity index (χ1) is 8.78.